The smallest absolute Gasteiger partial charge is 0.512 e. The first-order chi connectivity index (χ1) is 11.0. The molecule has 3 aromatic rings. The van der Waals surface area contributed by atoms with Crippen LogP contribution in [-0.2, 0) is 6.54 Å². The van der Waals surface area contributed by atoms with Gasteiger partial charge in [-0.3, -0.25) is 4.79 Å². The molecule has 0 radical (unpaired) electrons. The maximum absolute atomic E-state index is 11.2. The van der Waals surface area contributed by atoms with E-state index in [4.69, 9.17) is 20.4 Å². The Kier molecular flexibility index (Phi) is 3.96. The van der Waals surface area contributed by atoms with Crippen LogP contribution in [0.2, 0.25) is 0 Å². The van der Waals surface area contributed by atoms with E-state index in [0.29, 0.717) is 23.5 Å². The summed E-state index contributed by atoms with van der Waals surface area (Å²) in [6.45, 7) is 0.480. The van der Waals surface area contributed by atoms with Gasteiger partial charge in [-0.1, -0.05) is 12.1 Å². The van der Waals surface area contributed by atoms with Crippen molar-refractivity contribution >= 4 is 24.4 Å². The van der Waals surface area contributed by atoms with Crippen molar-refractivity contribution in [3.8, 4) is 5.75 Å². The molecule has 0 saturated heterocycles. The second-order valence-corrected chi connectivity index (χ2v) is 4.86. The molecular formula is C14H13BN4O4. The average Bonchev–Trinajstić information content (AvgIpc) is 2.91. The Bertz CT molecular complexity index is 848. The van der Waals surface area contributed by atoms with Gasteiger partial charge in [0.1, 0.15) is 17.0 Å². The van der Waals surface area contributed by atoms with Crippen molar-refractivity contribution in [3.63, 3.8) is 0 Å². The van der Waals surface area contributed by atoms with Crippen molar-refractivity contribution in [2.75, 3.05) is 0 Å². The fourth-order valence-electron chi connectivity index (χ4n) is 2.18. The number of carbonyl (C=O) groups is 1. The van der Waals surface area contributed by atoms with Gasteiger partial charge in [0, 0.05) is 0 Å². The molecule has 0 aliphatic heterocycles. The van der Waals surface area contributed by atoms with Gasteiger partial charge in [0.25, 0.3) is 5.91 Å². The first kappa shape index (κ1) is 15.0. The van der Waals surface area contributed by atoms with Crippen molar-refractivity contribution in [2.24, 2.45) is 5.73 Å². The molecule has 0 saturated carbocycles. The van der Waals surface area contributed by atoms with Crippen LogP contribution in [0.4, 0.5) is 0 Å². The maximum Gasteiger partial charge on any atom is 0.707 e. The molecule has 0 unspecified atom stereocenters. The number of hydrogen-bond donors (Lipinski definition) is 3. The van der Waals surface area contributed by atoms with Crippen LogP contribution in [0.3, 0.4) is 0 Å². The first-order valence-corrected chi connectivity index (χ1v) is 6.76. The van der Waals surface area contributed by atoms with Crippen molar-refractivity contribution in [3.05, 3.63) is 54.0 Å². The number of nitrogens with zero attached hydrogens (tertiary/aromatic N) is 3. The molecule has 0 bridgehead atoms. The molecule has 3 rings (SSSR count). The molecule has 23 heavy (non-hydrogen) atoms. The van der Waals surface area contributed by atoms with Gasteiger partial charge in [-0.25, -0.2) is 9.97 Å². The average molecular weight is 312 g/mol. The van der Waals surface area contributed by atoms with Crippen LogP contribution in [0.5, 0.6) is 5.75 Å². The highest BCUT2D eigenvalue weighted by Gasteiger charge is 2.11. The molecule has 0 aliphatic carbocycles. The Morgan fingerprint density at radius 3 is 2.61 bits per heavy atom. The highest BCUT2D eigenvalue weighted by atomic mass is 16.6. The number of nitrogens with two attached hydrogens (primary N) is 1. The van der Waals surface area contributed by atoms with E-state index in [1.54, 1.807) is 41.2 Å². The largest absolute Gasteiger partial charge is 0.707 e. The molecule has 0 fully saturated rings. The normalized spacial score (nSPS) is 10.7. The number of rotatable bonds is 5. The number of aromatic nitrogens is 3. The number of imidazole rings is 1. The third-order valence-electron chi connectivity index (χ3n) is 3.23. The molecule has 2 heterocycles. The van der Waals surface area contributed by atoms with Crippen LogP contribution in [-0.4, -0.2) is 37.8 Å². The molecule has 1 amide bonds. The molecule has 1 aromatic carbocycles. The minimum Gasteiger partial charge on any atom is -0.512 e. The van der Waals surface area contributed by atoms with Crippen LogP contribution in [0, 0.1) is 0 Å². The minimum absolute atomic E-state index is 0.180. The van der Waals surface area contributed by atoms with Gasteiger partial charge in [0.2, 0.25) is 0 Å². The summed E-state index contributed by atoms with van der Waals surface area (Å²) in [4.78, 5) is 19.7. The van der Waals surface area contributed by atoms with Gasteiger partial charge in [-0.15, -0.1) is 0 Å². The lowest BCUT2D eigenvalue weighted by Gasteiger charge is -2.07. The number of primary amides is 1. The number of pyridine rings is 1. The Morgan fingerprint density at radius 2 is 1.96 bits per heavy atom. The Labute approximate surface area is 131 Å². The number of benzene rings is 1. The van der Waals surface area contributed by atoms with Crippen LogP contribution in [0.25, 0.3) is 11.2 Å². The van der Waals surface area contributed by atoms with E-state index in [2.05, 4.69) is 9.97 Å². The van der Waals surface area contributed by atoms with E-state index in [9.17, 15) is 4.79 Å². The molecule has 0 spiro atoms. The summed E-state index contributed by atoms with van der Waals surface area (Å²) in [5.41, 5.74) is 7.58. The van der Waals surface area contributed by atoms with Gasteiger partial charge in [-0.2, -0.15) is 0 Å². The van der Waals surface area contributed by atoms with Crippen LogP contribution < -0.4 is 10.4 Å². The molecular weight excluding hydrogens is 299 g/mol. The van der Waals surface area contributed by atoms with E-state index < -0.39 is 13.2 Å². The predicted octanol–water partition coefficient (Wildman–Crippen LogP) is -0.0732. The van der Waals surface area contributed by atoms with Gasteiger partial charge < -0.3 is 25.0 Å². The van der Waals surface area contributed by atoms with Gasteiger partial charge in [-0.05, 0) is 29.8 Å². The molecule has 0 atom stereocenters. The summed E-state index contributed by atoms with van der Waals surface area (Å²) >= 11 is 0. The Balaban J connectivity index is 1.86. The molecule has 9 heteroatoms. The monoisotopic (exact) mass is 312 g/mol. The van der Waals surface area contributed by atoms with Crippen molar-refractivity contribution in [1.29, 1.82) is 0 Å². The third kappa shape index (κ3) is 3.30. The zero-order valence-electron chi connectivity index (χ0n) is 12.0. The van der Waals surface area contributed by atoms with Gasteiger partial charge in [0.15, 0.2) is 5.65 Å². The topological polar surface area (TPSA) is 123 Å². The lowest BCUT2D eigenvalue weighted by molar-refractivity contribution is 0.0996. The van der Waals surface area contributed by atoms with Crippen molar-refractivity contribution < 1.29 is 19.5 Å². The Morgan fingerprint density at radius 1 is 1.22 bits per heavy atom. The fourth-order valence-corrected chi connectivity index (χ4v) is 2.18. The predicted molar refractivity (Wildman–Crippen MR) is 82.4 cm³/mol. The van der Waals surface area contributed by atoms with E-state index in [1.165, 1.54) is 6.07 Å². The highest BCUT2D eigenvalue weighted by molar-refractivity contribution is 6.33. The van der Waals surface area contributed by atoms with Crippen molar-refractivity contribution in [2.45, 2.75) is 6.54 Å². The number of amides is 1. The molecule has 8 nitrogen and oxygen atoms in total. The van der Waals surface area contributed by atoms with Gasteiger partial charge >= 0.3 is 7.32 Å². The van der Waals surface area contributed by atoms with Crippen LogP contribution >= 0.6 is 0 Å². The standard InChI is InChI=1S/C14H13BN4O4/c16-13(20)11-5-6-12-14(18-11)19(8-17-12)7-9-1-3-10(4-2-9)23-15(21)22/h1-6,8,21-22H,7H2,(H2,16,20). The second-order valence-electron chi connectivity index (χ2n) is 4.86. The molecule has 2 aromatic heterocycles. The first-order valence-electron chi connectivity index (χ1n) is 6.76. The molecule has 0 aliphatic rings. The molecule has 4 N–H and O–H groups in total. The van der Waals surface area contributed by atoms with Gasteiger partial charge in [0.05, 0.1) is 12.9 Å². The summed E-state index contributed by atoms with van der Waals surface area (Å²) in [6.07, 6.45) is 1.63. The maximum atomic E-state index is 11.2. The van der Waals surface area contributed by atoms with E-state index in [0.717, 1.165) is 5.56 Å². The minimum atomic E-state index is -1.85. The summed E-state index contributed by atoms with van der Waals surface area (Å²) in [6, 6.07) is 10.0. The SMILES string of the molecule is NC(=O)c1ccc2ncn(Cc3ccc(OB(O)O)cc3)c2n1. The van der Waals surface area contributed by atoms with E-state index >= 15 is 0 Å². The fraction of sp³-hybridized carbons (Fsp3) is 0.0714. The number of carbonyl (C=O) groups excluding carboxylic acids is 1. The van der Waals surface area contributed by atoms with Crippen molar-refractivity contribution in [1.82, 2.24) is 14.5 Å². The van der Waals surface area contributed by atoms with Crippen LogP contribution in [0.15, 0.2) is 42.7 Å². The highest BCUT2D eigenvalue weighted by Crippen LogP contribution is 2.16. The quantitative estimate of drug-likeness (QED) is 0.566. The summed E-state index contributed by atoms with van der Waals surface area (Å²) < 4.78 is 6.54. The van der Waals surface area contributed by atoms with Crippen LogP contribution in [0.1, 0.15) is 16.1 Å². The van der Waals surface area contributed by atoms with E-state index in [1.807, 2.05) is 0 Å². The number of fused-ring (bicyclic) bond motifs is 1. The zero-order valence-corrected chi connectivity index (χ0v) is 12.0. The summed E-state index contributed by atoms with van der Waals surface area (Å²) in [5, 5.41) is 17.5. The zero-order chi connectivity index (χ0) is 16.4. The third-order valence-corrected chi connectivity index (χ3v) is 3.23. The Hall–Kier alpha value is -2.91. The lowest BCUT2D eigenvalue weighted by Crippen LogP contribution is -2.20. The summed E-state index contributed by atoms with van der Waals surface area (Å²) in [7, 11) is -1.85. The molecule has 116 valence electrons. The second kappa shape index (κ2) is 6.07. The van der Waals surface area contributed by atoms with E-state index in [-0.39, 0.29) is 5.69 Å². The summed E-state index contributed by atoms with van der Waals surface area (Å²) in [5.74, 6) is -0.253. The lowest BCUT2D eigenvalue weighted by atomic mass is 10.2. The number of hydrogen-bond acceptors (Lipinski definition) is 6.